The van der Waals surface area contributed by atoms with Crippen LogP contribution in [-0.4, -0.2) is 68.6 Å². The second-order valence-electron chi connectivity index (χ2n) is 5.34. The predicted molar refractivity (Wildman–Crippen MR) is 76.6 cm³/mol. The van der Waals surface area contributed by atoms with E-state index < -0.39 is 5.54 Å². The van der Waals surface area contributed by atoms with E-state index in [-0.39, 0.29) is 5.91 Å². The summed E-state index contributed by atoms with van der Waals surface area (Å²) in [7, 11) is 5.94. The van der Waals surface area contributed by atoms with Gasteiger partial charge in [0.2, 0.25) is 5.91 Å². The lowest BCUT2D eigenvalue weighted by Gasteiger charge is -2.30. The van der Waals surface area contributed by atoms with E-state index in [1.54, 1.807) is 7.05 Å². The molecule has 3 N–H and O–H groups in total. The van der Waals surface area contributed by atoms with Crippen LogP contribution >= 0.6 is 0 Å². The van der Waals surface area contributed by atoms with E-state index in [0.717, 1.165) is 39.0 Å². The fourth-order valence-corrected chi connectivity index (χ4v) is 1.75. The number of primary amides is 1. The van der Waals surface area contributed by atoms with Crippen molar-refractivity contribution in [3.8, 4) is 0 Å². The topological polar surface area (TPSA) is 61.6 Å². The fourth-order valence-electron chi connectivity index (χ4n) is 1.75. The van der Waals surface area contributed by atoms with Gasteiger partial charge in [-0.05, 0) is 47.5 Å². The van der Waals surface area contributed by atoms with Crippen LogP contribution in [0, 0.1) is 0 Å². The van der Waals surface area contributed by atoms with Gasteiger partial charge >= 0.3 is 0 Å². The summed E-state index contributed by atoms with van der Waals surface area (Å²) in [4.78, 5) is 16.0. The number of amides is 1. The molecule has 108 valence electrons. The lowest BCUT2D eigenvalue weighted by molar-refractivity contribution is -0.124. The van der Waals surface area contributed by atoms with Crippen LogP contribution in [0.2, 0.25) is 0 Å². The number of hydrogen-bond acceptors (Lipinski definition) is 4. The molecule has 5 heteroatoms. The Labute approximate surface area is 112 Å². The molecule has 0 aliphatic rings. The van der Waals surface area contributed by atoms with Crippen LogP contribution in [0.3, 0.4) is 0 Å². The molecule has 0 fully saturated rings. The van der Waals surface area contributed by atoms with Crippen molar-refractivity contribution in [2.75, 3.05) is 47.3 Å². The summed E-state index contributed by atoms with van der Waals surface area (Å²) in [6.07, 6.45) is 1.87. The molecule has 0 bridgehead atoms. The second kappa shape index (κ2) is 8.45. The SMILES string of the molecule is CCCN(CCN(C)C)CCC(C)(NC)C(N)=O. The van der Waals surface area contributed by atoms with Gasteiger partial charge in [0.1, 0.15) is 0 Å². The molecule has 0 saturated heterocycles. The molecule has 0 aromatic rings. The van der Waals surface area contributed by atoms with Crippen LogP contribution in [0.25, 0.3) is 0 Å². The minimum absolute atomic E-state index is 0.283. The Morgan fingerprint density at radius 3 is 2.22 bits per heavy atom. The van der Waals surface area contributed by atoms with Crippen LogP contribution < -0.4 is 11.1 Å². The summed E-state index contributed by atoms with van der Waals surface area (Å²) in [6, 6.07) is 0. The number of likely N-dealkylation sites (N-methyl/N-ethyl adjacent to an activating group) is 2. The third kappa shape index (κ3) is 6.33. The van der Waals surface area contributed by atoms with Crippen molar-refractivity contribution in [3.05, 3.63) is 0 Å². The maximum atomic E-state index is 11.4. The summed E-state index contributed by atoms with van der Waals surface area (Å²) in [5.74, 6) is -0.283. The van der Waals surface area contributed by atoms with Gasteiger partial charge in [0.05, 0.1) is 5.54 Å². The Hall–Kier alpha value is -0.650. The van der Waals surface area contributed by atoms with Crippen molar-refractivity contribution >= 4 is 5.91 Å². The van der Waals surface area contributed by atoms with Crippen molar-refractivity contribution in [2.24, 2.45) is 5.73 Å². The molecule has 0 spiro atoms. The minimum atomic E-state index is -0.607. The molecule has 0 aliphatic carbocycles. The highest BCUT2D eigenvalue weighted by atomic mass is 16.1. The van der Waals surface area contributed by atoms with Gasteiger partial charge in [-0.15, -0.1) is 0 Å². The molecule has 1 atom stereocenters. The van der Waals surface area contributed by atoms with E-state index >= 15 is 0 Å². The number of hydrogen-bond donors (Lipinski definition) is 2. The number of nitrogens with zero attached hydrogens (tertiary/aromatic N) is 2. The van der Waals surface area contributed by atoms with E-state index in [1.807, 2.05) is 6.92 Å². The molecule has 1 amide bonds. The van der Waals surface area contributed by atoms with Crippen molar-refractivity contribution < 1.29 is 4.79 Å². The Bertz CT molecular complexity index is 245. The largest absolute Gasteiger partial charge is 0.368 e. The van der Waals surface area contributed by atoms with E-state index in [2.05, 4.69) is 36.1 Å². The average Bonchev–Trinajstić information content (AvgIpc) is 2.31. The van der Waals surface area contributed by atoms with Gasteiger partial charge in [0, 0.05) is 19.6 Å². The molecule has 0 heterocycles. The summed E-state index contributed by atoms with van der Waals surface area (Å²) in [5.41, 5.74) is 4.83. The van der Waals surface area contributed by atoms with Crippen molar-refractivity contribution in [1.82, 2.24) is 15.1 Å². The van der Waals surface area contributed by atoms with Gasteiger partial charge in [-0.2, -0.15) is 0 Å². The quantitative estimate of drug-likeness (QED) is 0.584. The van der Waals surface area contributed by atoms with Crippen LogP contribution in [0.15, 0.2) is 0 Å². The number of nitrogens with two attached hydrogens (primary N) is 1. The van der Waals surface area contributed by atoms with Gasteiger partial charge in [-0.1, -0.05) is 6.92 Å². The van der Waals surface area contributed by atoms with Gasteiger partial charge in [0.15, 0.2) is 0 Å². The summed E-state index contributed by atoms with van der Waals surface area (Å²) in [6.45, 7) is 8.06. The Morgan fingerprint density at radius 1 is 1.22 bits per heavy atom. The molecule has 18 heavy (non-hydrogen) atoms. The standard InChI is InChI=1S/C13H30N4O/c1-6-8-17(11-10-16(4)5)9-7-13(2,15-3)12(14)18/h15H,6-11H2,1-5H3,(H2,14,18). The monoisotopic (exact) mass is 258 g/mol. The summed E-state index contributed by atoms with van der Waals surface area (Å²) in [5, 5.41) is 3.03. The maximum Gasteiger partial charge on any atom is 0.237 e. The molecule has 0 aromatic carbocycles. The number of carbonyl (C=O) groups excluding carboxylic acids is 1. The van der Waals surface area contributed by atoms with E-state index in [4.69, 9.17) is 5.73 Å². The Kier molecular flexibility index (Phi) is 8.15. The average molecular weight is 258 g/mol. The highest BCUT2D eigenvalue weighted by Crippen LogP contribution is 2.09. The molecular formula is C13H30N4O. The zero-order chi connectivity index (χ0) is 14.2. The molecule has 0 aromatic heterocycles. The summed E-state index contributed by atoms with van der Waals surface area (Å²) < 4.78 is 0. The summed E-state index contributed by atoms with van der Waals surface area (Å²) >= 11 is 0. The predicted octanol–water partition coefficient (Wildman–Crippen LogP) is 0.114. The smallest absolute Gasteiger partial charge is 0.237 e. The first-order valence-electron chi connectivity index (χ1n) is 6.71. The van der Waals surface area contributed by atoms with E-state index in [0.29, 0.717) is 0 Å². The first-order valence-corrected chi connectivity index (χ1v) is 6.71. The van der Waals surface area contributed by atoms with Crippen molar-refractivity contribution in [1.29, 1.82) is 0 Å². The Morgan fingerprint density at radius 2 is 1.83 bits per heavy atom. The zero-order valence-electron chi connectivity index (χ0n) is 12.6. The molecule has 0 radical (unpaired) electrons. The minimum Gasteiger partial charge on any atom is -0.368 e. The van der Waals surface area contributed by atoms with Crippen molar-refractivity contribution in [3.63, 3.8) is 0 Å². The Balaban J connectivity index is 4.27. The van der Waals surface area contributed by atoms with E-state index in [1.165, 1.54) is 0 Å². The van der Waals surface area contributed by atoms with Gasteiger partial charge in [0.25, 0.3) is 0 Å². The van der Waals surface area contributed by atoms with Gasteiger partial charge in [-0.3, -0.25) is 4.79 Å². The van der Waals surface area contributed by atoms with Gasteiger partial charge in [-0.25, -0.2) is 0 Å². The molecule has 0 saturated carbocycles. The first kappa shape index (κ1) is 17.4. The number of rotatable bonds is 10. The van der Waals surface area contributed by atoms with Crippen molar-refractivity contribution in [2.45, 2.75) is 32.2 Å². The van der Waals surface area contributed by atoms with E-state index in [9.17, 15) is 4.79 Å². The molecule has 0 rings (SSSR count). The number of carbonyl (C=O) groups is 1. The first-order chi connectivity index (χ1) is 8.35. The lowest BCUT2D eigenvalue weighted by atomic mass is 9.97. The van der Waals surface area contributed by atoms with Crippen LogP contribution in [0.5, 0.6) is 0 Å². The molecule has 5 nitrogen and oxygen atoms in total. The molecule has 0 aliphatic heterocycles. The van der Waals surface area contributed by atoms with Crippen LogP contribution in [-0.2, 0) is 4.79 Å². The highest BCUT2D eigenvalue weighted by molar-refractivity contribution is 5.84. The second-order valence-corrected chi connectivity index (χ2v) is 5.34. The third-order valence-electron chi connectivity index (χ3n) is 3.43. The maximum absolute atomic E-state index is 11.4. The van der Waals surface area contributed by atoms with Crippen LogP contribution in [0.4, 0.5) is 0 Å². The van der Waals surface area contributed by atoms with Gasteiger partial charge < -0.3 is 20.9 Å². The molecular weight excluding hydrogens is 228 g/mol. The zero-order valence-corrected chi connectivity index (χ0v) is 12.6. The normalized spacial score (nSPS) is 15.1. The highest BCUT2D eigenvalue weighted by Gasteiger charge is 2.29. The fraction of sp³-hybridized carbons (Fsp3) is 0.923. The number of nitrogens with one attached hydrogen (secondary N) is 1. The molecule has 1 unspecified atom stereocenters. The van der Waals surface area contributed by atoms with Crippen LogP contribution in [0.1, 0.15) is 26.7 Å². The lowest BCUT2D eigenvalue weighted by Crippen LogP contribution is -2.53. The third-order valence-corrected chi connectivity index (χ3v) is 3.43.